The first-order chi connectivity index (χ1) is 11.8. The van der Waals surface area contributed by atoms with Crippen LogP contribution < -0.4 is 47.6 Å². The second kappa shape index (κ2) is 12.5. The van der Waals surface area contributed by atoms with Crippen molar-refractivity contribution in [2.45, 2.75) is 48.5 Å². The predicted octanol–water partition coefficient (Wildman–Crippen LogP) is -4.47. The molecule has 0 N–H and O–H groups in total. The van der Waals surface area contributed by atoms with Crippen molar-refractivity contribution in [3.63, 3.8) is 0 Å². The number of aryl methyl sites for hydroxylation is 4. The van der Waals surface area contributed by atoms with Crippen molar-refractivity contribution in [3.05, 3.63) is 81.1 Å². The van der Waals surface area contributed by atoms with Gasteiger partial charge in [-0.3, -0.25) is 6.08 Å². The Labute approximate surface area is 212 Å². The van der Waals surface area contributed by atoms with E-state index >= 15 is 0 Å². The molecule has 1 unspecified atom stereocenters. The molecule has 0 spiro atoms. The molecule has 0 saturated carbocycles. The van der Waals surface area contributed by atoms with Gasteiger partial charge in [0.05, 0.1) is 0 Å². The van der Waals surface area contributed by atoms with E-state index in [0.29, 0.717) is 5.92 Å². The van der Waals surface area contributed by atoms with Crippen LogP contribution in [0.4, 0.5) is 0 Å². The zero-order valence-electron chi connectivity index (χ0n) is 18.3. The molecule has 2 aromatic carbocycles. The molecule has 1 aliphatic rings. The average molecular weight is 500 g/mol. The molecule has 0 heterocycles. The fraction of sp³-hybridized carbons (Fsp3) is 0.333. The third-order valence-electron chi connectivity index (χ3n) is 5.51. The first-order valence-electron chi connectivity index (χ1n) is 9.23. The molecule has 0 amide bonds. The van der Waals surface area contributed by atoms with Crippen molar-refractivity contribution in [1.82, 2.24) is 0 Å². The van der Waals surface area contributed by atoms with E-state index in [1.54, 1.807) is 5.20 Å². The molecule has 2 aromatic rings. The van der Waals surface area contributed by atoms with Crippen molar-refractivity contribution >= 4 is 19.2 Å². The van der Waals surface area contributed by atoms with Crippen LogP contribution in [-0.4, -0.2) is 8.80 Å². The molecule has 1 aliphatic carbocycles. The van der Waals surface area contributed by atoms with Crippen LogP contribution in [0.15, 0.2) is 52.7 Å². The molecule has 0 saturated heterocycles. The summed E-state index contributed by atoms with van der Waals surface area (Å²) in [6, 6.07) is 14.2. The van der Waals surface area contributed by atoms with Gasteiger partial charge >= 0.3 is 21.7 Å². The second-order valence-corrected chi connectivity index (χ2v) is 10.7. The molecule has 0 nitrogen and oxygen atoms in total. The molecule has 3 rings (SSSR count). The van der Waals surface area contributed by atoms with E-state index in [1.807, 2.05) is 0 Å². The van der Waals surface area contributed by atoms with Crippen LogP contribution in [0.1, 0.15) is 43.0 Å². The summed E-state index contributed by atoms with van der Waals surface area (Å²) in [5.41, 5.74) is 8.29. The third kappa shape index (κ3) is 6.86. The molecule has 5 heteroatoms. The Balaban J connectivity index is 0. The van der Waals surface area contributed by atoms with E-state index < -0.39 is 8.80 Å². The van der Waals surface area contributed by atoms with Gasteiger partial charge in [-0.05, 0) is 27.7 Å². The molecule has 0 fully saturated rings. The minimum atomic E-state index is -1.49. The zero-order chi connectivity index (χ0) is 18.3. The van der Waals surface area contributed by atoms with Gasteiger partial charge in [-0.15, -0.1) is 6.92 Å². The summed E-state index contributed by atoms with van der Waals surface area (Å²) in [7, 11) is -1.49. The van der Waals surface area contributed by atoms with E-state index in [2.05, 4.69) is 90.9 Å². The summed E-state index contributed by atoms with van der Waals surface area (Å²) in [6.07, 6.45) is 3.79. The van der Waals surface area contributed by atoms with Gasteiger partial charge in [0.1, 0.15) is 8.80 Å². The largest absolute Gasteiger partial charge is 4.00 e. The van der Waals surface area contributed by atoms with Crippen molar-refractivity contribution in [2.75, 3.05) is 0 Å². The number of rotatable bonds is 3. The van der Waals surface area contributed by atoms with Gasteiger partial charge in [-0.25, -0.2) is 11.1 Å². The molecule has 0 bridgehead atoms. The van der Waals surface area contributed by atoms with E-state index in [0.717, 1.165) is 0 Å². The molecular weight excluding hydrogens is 471 g/mol. The van der Waals surface area contributed by atoms with Gasteiger partial charge in [-0.1, -0.05) is 88.8 Å². The number of hydrogen-bond acceptors (Lipinski definition) is 0. The number of allylic oxidation sites excluding steroid dienone is 4. The molecular formula is C24H29Cl3SiTi. The van der Waals surface area contributed by atoms with Crippen molar-refractivity contribution in [3.8, 4) is 0 Å². The third-order valence-corrected chi connectivity index (χ3v) is 8.77. The SMILES string of the molecule is CC1=C(C)C(C)C([SiH](c2cc(C)cc(C)c2)c2cc(C)cc(C)c2)=[C-]1.[Cl-].[Cl-].[Cl-].[Ti+4]. The van der Waals surface area contributed by atoms with E-state index in [4.69, 9.17) is 0 Å². The van der Waals surface area contributed by atoms with E-state index in [1.165, 1.54) is 43.8 Å². The monoisotopic (exact) mass is 498 g/mol. The Morgan fingerprint density at radius 2 is 1.00 bits per heavy atom. The quantitative estimate of drug-likeness (QED) is 0.295. The molecule has 0 aromatic heterocycles. The topological polar surface area (TPSA) is 0 Å². The number of hydrogen-bond donors (Lipinski definition) is 0. The fourth-order valence-corrected chi connectivity index (χ4v) is 8.14. The zero-order valence-corrected chi connectivity index (χ0v) is 23.2. The summed E-state index contributed by atoms with van der Waals surface area (Å²) in [5.74, 6) is 0.512. The fourth-order valence-electron chi connectivity index (χ4n) is 4.21. The Bertz CT molecular complexity index is 811. The second-order valence-electron chi connectivity index (χ2n) is 7.89. The van der Waals surface area contributed by atoms with Crippen molar-refractivity contribution in [1.29, 1.82) is 0 Å². The molecule has 0 radical (unpaired) electrons. The Morgan fingerprint density at radius 3 is 1.28 bits per heavy atom. The molecule has 154 valence electrons. The first kappa shape index (κ1) is 30.9. The maximum absolute atomic E-state index is 3.79. The standard InChI is InChI=1S/C24H29Si.3ClH.Ti/c1-15-8-16(2)11-22(10-15)25(23-12-17(3)9-18(4)13-23)24-14-19(5)20(6)21(24)7;;;;/h8-13,21,25H,1-7H3;3*1H;/q-1;;;;+4/p-3. The van der Waals surface area contributed by atoms with Crippen LogP contribution in [0.25, 0.3) is 0 Å². The molecule has 0 aliphatic heterocycles. The predicted molar refractivity (Wildman–Crippen MR) is 113 cm³/mol. The van der Waals surface area contributed by atoms with E-state index in [-0.39, 0.29) is 58.9 Å². The van der Waals surface area contributed by atoms with Gasteiger partial charge in [0, 0.05) is 0 Å². The number of benzene rings is 2. The van der Waals surface area contributed by atoms with Gasteiger partial charge in [0.2, 0.25) is 0 Å². The van der Waals surface area contributed by atoms with Crippen LogP contribution in [0.5, 0.6) is 0 Å². The Hall–Kier alpha value is -0.279. The van der Waals surface area contributed by atoms with Crippen molar-refractivity contribution < 1.29 is 58.9 Å². The maximum atomic E-state index is 3.79. The molecule has 1 atom stereocenters. The van der Waals surface area contributed by atoms with Crippen molar-refractivity contribution in [2.24, 2.45) is 5.92 Å². The van der Waals surface area contributed by atoms with Crippen LogP contribution in [-0.2, 0) is 21.7 Å². The number of halogens is 3. The summed E-state index contributed by atoms with van der Waals surface area (Å²) < 4.78 is 0. The maximum Gasteiger partial charge on any atom is 4.00 e. The molecule has 29 heavy (non-hydrogen) atoms. The van der Waals surface area contributed by atoms with Gasteiger partial charge in [-0.2, -0.15) is 5.20 Å². The minimum absolute atomic E-state index is 0. The summed E-state index contributed by atoms with van der Waals surface area (Å²) in [6.45, 7) is 15.7. The smallest absolute Gasteiger partial charge is 1.00 e. The van der Waals surface area contributed by atoms with Gasteiger partial charge in [0.15, 0.2) is 0 Å². The van der Waals surface area contributed by atoms with Gasteiger partial charge in [0.25, 0.3) is 0 Å². The Morgan fingerprint density at radius 1 is 0.655 bits per heavy atom. The van der Waals surface area contributed by atoms with Crippen LogP contribution in [0.3, 0.4) is 0 Å². The normalized spacial score (nSPS) is 15.0. The van der Waals surface area contributed by atoms with Gasteiger partial charge < -0.3 is 37.2 Å². The summed E-state index contributed by atoms with van der Waals surface area (Å²) in [5, 5.41) is 4.60. The summed E-state index contributed by atoms with van der Waals surface area (Å²) in [4.78, 5) is 0. The Kier molecular flexibility index (Phi) is 13.4. The first-order valence-corrected chi connectivity index (χ1v) is 11.0. The summed E-state index contributed by atoms with van der Waals surface area (Å²) >= 11 is 0. The van der Waals surface area contributed by atoms with Crippen LogP contribution in [0.2, 0.25) is 0 Å². The van der Waals surface area contributed by atoms with Crippen LogP contribution in [0, 0.1) is 39.7 Å². The minimum Gasteiger partial charge on any atom is -1.00 e. The average Bonchev–Trinajstić information content (AvgIpc) is 2.73. The van der Waals surface area contributed by atoms with E-state index in [9.17, 15) is 0 Å². The van der Waals surface area contributed by atoms with Crippen LogP contribution >= 0.6 is 0 Å².